The van der Waals surface area contributed by atoms with Crippen LogP contribution in [0.3, 0.4) is 0 Å². The second kappa shape index (κ2) is 5.65. The smallest absolute Gasteiger partial charge is 0.282 e. The molecule has 90 valence electrons. The van der Waals surface area contributed by atoms with Gasteiger partial charge >= 0.3 is 0 Å². The van der Waals surface area contributed by atoms with Crippen LogP contribution >= 0.6 is 15.9 Å². The van der Waals surface area contributed by atoms with Crippen molar-refractivity contribution in [2.45, 2.75) is 12.5 Å². The quantitative estimate of drug-likeness (QED) is 0.874. The Morgan fingerprint density at radius 1 is 1.38 bits per heavy atom. The summed E-state index contributed by atoms with van der Waals surface area (Å²) in [5.74, 6) is -3.53. The fraction of sp³-hybridized carbons (Fsp3) is 0.400. The first-order chi connectivity index (χ1) is 7.44. The van der Waals surface area contributed by atoms with Gasteiger partial charge in [0.2, 0.25) is 0 Å². The third kappa shape index (κ3) is 4.11. The van der Waals surface area contributed by atoms with Gasteiger partial charge in [0, 0.05) is 6.54 Å². The molecular weight excluding hydrogens is 287 g/mol. The molecule has 0 unspecified atom stereocenters. The predicted octanol–water partition coefficient (Wildman–Crippen LogP) is 2.31. The van der Waals surface area contributed by atoms with Crippen LogP contribution in [0.4, 0.5) is 13.2 Å². The van der Waals surface area contributed by atoms with Crippen molar-refractivity contribution < 1.29 is 18.3 Å². The molecule has 0 aliphatic carbocycles. The van der Waals surface area contributed by atoms with Crippen LogP contribution in [0, 0.1) is 5.82 Å². The Labute approximate surface area is 99.6 Å². The number of rotatable bonds is 5. The number of benzene rings is 1. The molecule has 1 aromatic carbocycles. The lowest BCUT2D eigenvalue weighted by molar-refractivity contribution is -0.0477. The van der Waals surface area contributed by atoms with Crippen LogP contribution in [0.15, 0.2) is 22.7 Å². The highest BCUT2D eigenvalue weighted by Gasteiger charge is 2.26. The highest BCUT2D eigenvalue weighted by atomic mass is 79.9. The highest BCUT2D eigenvalue weighted by Crippen LogP contribution is 2.17. The predicted molar refractivity (Wildman–Crippen MR) is 57.8 cm³/mol. The Morgan fingerprint density at radius 2 is 2.06 bits per heavy atom. The van der Waals surface area contributed by atoms with Crippen molar-refractivity contribution in [1.29, 1.82) is 0 Å². The average Bonchev–Trinajstić information content (AvgIpc) is 2.23. The molecule has 0 bridgehead atoms. The van der Waals surface area contributed by atoms with Crippen molar-refractivity contribution in [3.8, 4) is 0 Å². The molecule has 0 spiro atoms. The van der Waals surface area contributed by atoms with Gasteiger partial charge in [-0.15, -0.1) is 0 Å². The van der Waals surface area contributed by atoms with Crippen LogP contribution in [0.5, 0.6) is 0 Å². The van der Waals surface area contributed by atoms with Crippen LogP contribution in [0.2, 0.25) is 0 Å². The Balaban J connectivity index is 2.46. The number of hydrogen-bond acceptors (Lipinski definition) is 2. The van der Waals surface area contributed by atoms with Crippen LogP contribution < -0.4 is 5.32 Å². The van der Waals surface area contributed by atoms with Crippen molar-refractivity contribution in [3.63, 3.8) is 0 Å². The molecule has 2 nitrogen and oxygen atoms in total. The molecule has 16 heavy (non-hydrogen) atoms. The van der Waals surface area contributed by atoms with Gasteiger partial charge in [-0.1, -0.05) is 6.07 Å². The van der Waals surface area contributed by atoms with Gasteiger partial charge in [0.05, 0.1) is 11.0 Å². The summed E-state index contributed by atoms with van der Waals surface area (Å²) in [6, 6.07) is 4.27. The maximum Gasteiger partial charge on any atom is 0.282 e. The van der Waals surface area contributed by atoms with E-state index in [4.69, 9.17) is 5.11 Å². The van der Waals surface area contributed by atoms with Gasteiger partial charge in [0.1, 0.15) is 12.4 Å². The molecule has 0 radical (unpaired) electrons. The normalized spacial score (nSPS) is 11.8. The first-order valence-electron chi connectivity index (χ1n) is 4.58. The number of aliphatic hydroxyl groups is 1. The molecule has 0 amide bonds. The number of alkyl halides is 2. The molecule has 0 aliphatic rings. The first kappa shape index (κ1) is 13.5. The molecule has 1 aromatic rings. The molecule has 2 N–H and O–H groups in total. The Kier molecular flexibility index (Phi) is 4.76. The molecule has 0 atom stereocenters. The minimum atomic E-state index is -3.13. The molecule has 0 heterocycles. The van der Waals surface area contributed by atoms with Crippen molar-refractivity contribution >= 4 is 15.9 Å². The van der Waals surface area contributed by atoms with Gasteiger partial charge < -0.3 is 10.4 Å². The van der Waals surface area contributed by atoms with E-state index in [1.165, 1.54) is 18.2 Å². The molecule has 1 rings (SSSR count). The maximum atomic E-state index is 12.8. The average molecular weight is 298 g/mol. The lowest BCUT2D eigenvalue weighted by atomic mass is 10.2. The SMILES string of the molecule is OCC(F)(F)CNCc1ccc(F)c(Br)c1. The van der Waals surface area contributed by atoms with E-state index in [1.807, 2.05) is 0 Å². The van der Waals surface area contributed by atoms with E-state index in [0.717, 1.165) is 0 Å². The third-order valence-electron chi connectivity index (χ3n) is 1.93. The fourth-order valence-corrected chi connectivity index (χ4v) is 1.52. The summed E-state index contributed by atoms with van der Waals surface area (Å²) in [6.07, 6.45) is 0. The molecular formula is C10H11BrF3NO. The zero-order valence-electron chi connectivity index (χ0n) is 8.31. The number of aliphatic hydroxyl groups excluding tert-OH is 1. The van der Waals surface area contributed by atoms with Crippen LogP contribution in [0.25, 0.3) is 0 Å². The molecule has 0 aromatic heterocycles. The Hall–Kier alpha value is -0.590. The second-order valence-electron chi connectivity index (χ2n) is 3.37. The van der Waals surface area contributed by atoms with Crippen molar-refractivity contribution in [3.05, 3.63) is 34.1 Å². The second-order valence-corrected chi connectivity index (χ2v) is 4.22. The first-order valence-corrected chi connectivity index (χ1v) is 5.37. The van der Waals surface area contributed by atoms with Crippen LogP contribution in [-0.4, -0.2) is 24.2 Å². The van der Waals surface area contributed by atoms with E-state index in [-0.39, 0.29) is 6.54 Å². The van der Waals surface area contributed by atoms with Crippen molar-refractivity contribution in [2.75, 3.05) is 13.2 Å². The van der Waals surface area contributed by atoms with E-state index < -0.39 is 24.9 Å². The van der Waals surface area contributed by atoms with E-state index >= 15 is 0 Å². The molecule has 0 aliphatic heterocycles. The zero-order valence-corrected chi connectivity index (χ0v) is 9.90. The summed E-state index contributed by atoms with van der Waals surface area (Å²) in [5, 5.41) is 10.8. The van der Waals surface area contributed by atoms with E-state index in [1.54, 1.807) is 0 Å². The Bertz CT molecular complexity index is 360. The van der Waals surface area contributed by atoms with Gasteiger partial charge in [-0.2, -0.15) is 0 Å². The largest absolute Gasteiger partial charge is 0.390 e. The lowest BCUT2D eigenvalue weighted by Gasteiger charge is -2.14. The summed E-state index contributed by atoms with van der Waals surface area (Å²) >= 11 is 3.00. The fourth-order valence-electron chi connectivity index (χ4n) is 1.10. The number of hydrogen-bond donors (Lipinski definition) is 2. The summed E-state index contributed by atoms with van der Waals surface area (Å²) in [4.78, 5) is 0. The van der Waals surface area contributed by atoms with E-state index in [9.17, 15) is 13.2 Å². The van der Waals surface area contributed by atoms with Crippen molar-refractivity contribution in [1.82, 2.24) is 5.32 Å². The summed E-state index contributed by atoms with van der Waals surface area (Å²) in [5.41, 5.74) is 0.682. The summed E-state index contributed by atoms with van der Waals surface area (Å²) in [6.45, 7) is -1.61. The maximum absolute atomic E-state index is 12.8. The molecule has 0 saturated carbocycles. The van der Waals surface area contributed by atoms with Crippen LogP contribution in [-0.2, 0) is 6.54 Å². The van der Waals surface area contributed by atoms with Gasteiger partial charge in [-0.05, 0) is 33.6 Å². The lowest BCUT2D eigenvalue weighted by Crippen LogP contribution is -2.35. The standard InChI is InChI=1S/C10H11BrF3NO/c11-8-3-7(1-2-9(8)12)4-15-5-10(13,14)6-16/h1-3,15-16H,4-6H2. The summed E-state index contributed by atoms with van der Waals surface area (Å²) < 4.78 is 38.4. The van der Waals surface area contributed by atoms with Gasteiger partial charge in [0.15, 0.2) is 0 Å². The zero-order chi connectivity index (χ0) is 12.2. The minimum absolute atomic E-state index is 0.189. The number of nitrogens with one attached hydrogen (secondary N) is 1. The van der Waals surface area contributed by atoms with E-state index in [2.05, 4.69) is 21.2 Å². The molecule has 0 saturated heterocycles. The van der Waals surface area contributed by atoms with Gasteiger partial charge in [0.25, 0.3) is 5.92 Å². The third-order valence-corrected chi connectivity index (χ3v) is 2.54. The topological polar surface area (TPSA) is 32.3 Å². The molecule has 0 fully saturated rings. The molecule has 6 heteroatoms. The van der Waals surface area contributed by atoms with Gasteiger partial charge in [-0.3, -0.25) is 0 Å². The monoisotopic (exact) mass is 297 g/mol. The number of halogens is 4. The van der Waals surface area contributed by atoms with E-state index in [0.29, 0.717) is 10.0 Å². The van der Waals surface area contributed by atoms with Crippen molar-refractivity contribution in [2.24, 2.45) is 0 Å². The highest BCUT2D eigenvalue weighted by molar-refractivity contribution is 9.10. The van der Waals surface area contributed by atoms with Gasteiger partial charge in [-0.25, -0.2) is 13.2 Å². The summed E-state index contributed by atoms with van der Waals surface area (Å²) in [7, 11) is 0. The van der Waals surface area contributed by atoms with Crippen LogP contribution in [0.1, 0.15) is 5.56 Å². The Morgan fingerprint density at radius 3 is 2.62 bits per heavy atom. The minimum Gasteiger partial charge on any atom is -0.390 e.